The molecule has 2 unspecified atom stereocenters. The summed E-state index contributed by atoms with van der Waals surface area (Å²) >= 11 is 7.67. The van der Waals surface area contributed by atoms with Crippen LogP contribution in [-0.4, -0.2) is 48.1 Å². The lowest BCUT2D eigenvalue weighted by atomic mass is 9.98. The molecular weight excluding hydrogens is 426 g/mol. The molecule has 0 aliphatic carbocycles. The second-order valence-electron chi connectivity index (χ2n) is 7.40. The van der Waals surface area contributed by atoms with E-state index in [1.807, 2.05) is 18.4 Å². The summed E-state index contributed by atoms with van der Waals surface area (Å²) < 4.78 is 10.9. The smallest absolute Gasteiger partial charge is 0.295 e. The maximum Gasteiger partial charge on any atom is 0.295 e. The minimum atomic E-state index is -0.699. The van der Waals surface area contributed by atoms with Gasteiger partial charge in [0.1, 0.15) is 11.5 Å². The Hall–Kier alpha value is -2.35. The number of likely N-dealkylation sites (tertiary alicyclic amines) is 1. The Morgan fingerprint density at radius 1 is 1.37 bits per heavy atom. The van der Waals surface area contributed by atoms with E-state index in [1.165, 1.54) is 29.4 Å². The summed E-state index contributed by atoms with van der Waals surface area (Å²) in [4.78, 5) is 28.4. The number of carbonyl (C=O) groups excluding carboxylic acids is 2. The molecule has 2 atom stereocenters. The Bertz CT molecular complexity index is 1020. The normalized spacial score (nSPS) is 23.4. The SMILES string of the molecule is COc1ccc(/C(O)=C2/C(=O)C(=O)N(CC3CCCO3)C2c2sccc2C)cc1Cl. The molecule has 4 rings (SSSR count). The average molecular weight is 448 g/mol. The lowest BCUT2D eigenvalue weighted by molar-refractivity contribution is -0.140. The molecule has 158 valence electrons. The molecule has 3 heterocycles. The summed E-state index contributed by atoms with van der Waals surface area (Å²) in [6, 6.07) is 6.05. The van der Waals surface area contributed by atoms with Crippen LogP contribution in [0.4, 0.5) is 0 Å². The predicted octanol–water partition coefficient (Wildman–Crippen LogP) is 4.32. The van der Waals surface area contributed by atoms with Crippen molar-refractivity contribution in [1.82, 2.24) is 4.90 Å². The van der Waals surface area contributed by atoms with Crippen molar-refractivity contribution in [3.05, 3.63) is 56.2 Å². The number of aliphatic hydroxyl groups is 1. The molecule has 6 nitrogen and oxygen atoms in total. The van der Waals surface area contributed by atoms with Crippen LogP contribution in [0, 0.1) is 6.92 Å². The van der Waals surface area contributed by atoms with Gasteiger partial charge in [-0.15, -0.1) is 11.3 Å². The van der Waals surface area contributed by atoms with Crippen LogP contribution in [0.1, 0.15) is 34.9 Å². The molecule has 0 saturated carbocycles. The third-order valence-corrected chi connectivity index (χ3v) is 6.91. The Kier molecular flexibility index (Phi) is 5.86. The molecule has 1 amide bonds. The van der Waals surface area contributed by atoms with Crippen molar-refractivity contribution in [2.24, 2.45) is 0 Å². The number of hydrogen-bond donors (Lipinski definition) is 1. The standard InChI is InChI=1S/C22H22ClNO5S/c1-12-7-9-30-21(12)18-17(19(25)13-5-6-16(28-2)15(23)10-13)20(26)22(27)24(18)11-14-4-3-8-29-14/h5-7,9-10,14,18,25H,3-4,8,11H2,1-2H3/b19-17-. The van der Waals surface area contributed by atoms with Crippen LogP contribution in [-0.2, 0) is 14.3 Å². The zero-order chi connectivity index (χ0) is 21.4. The lowest BCUT2D eigenvalue weighted by Gasteiger charge is -2.27. The van der Waals surface area contributed by atoms with E-state index in [9.17, 15) is 14.7 Å². The molecule has 1 aromatic heterocycles. The Morgan fingerprint density at radius 3 is 2.77 bits per heavy atom. The number of rotatable bonds is 5. The Morgan fingerprint density at radius 2 is 2.17 bits per heavy atom. The number of ether oxygens (including phenoxy) is 2. The van der Waals surface area contributed by atoms with E-state index >= 15 is 0 Å². The topological polar surface area (TPSA) is 76.1 Å². The average Bonchev–Trinajstić information content (AvgIpc) is 3.45. The van der Waals surface area contributed by atoms with Crippen LogP contribution < -0.4 is 4.74 Å². The molecule has 1 N–H and O–H groups in total. The quantitative estimate of drug-likeness (QED) is 0.419. The fraction of sp³-hybridized carbons (Fsp3) is 0.364. The molecule has 30 heavy (non-hydrogen) atoms. The lowest BCUT2D eigenvalue weighted by Crippen LogP contribution is -2.36. The number of aliphatic hydroxyl groups excluding tert-OH is 1. The molecule has 2 aliphatic rings. The molecule has 8 heteroatoms. The summed E-state index contributed by atoms with van der Waals surface area (Å²) in [6.45, 7) is 2.90. The first-order chi connectivity index (χ1) is 14.4. The van der Waals surface area contributed by atoms with Crippen molar-refractivity contribution in [2.75, 3.05) is 20.3 Å². The van der Waals surface area contributed by atoms with Crippen LogP contribution in [0.5, 0.6) is 5.75 Å². The van der Waals surface area contributed by atoms with Gasteiger partial charge in [0.25, 0.3) is 11.7 Å². The summed E-state index contributed by atoms with van der Waals surface area (Å²) in [6.07, 6.45) is 1.66. The number of ketones is 1. The van der Waals surface area contributed by atoms with Crippen LogP contribution in [0.25, 0.3) is 5.76 Å². The first kappa shape index (κ1) is 20.9. The largest absolute Gasteiger partial charge is 0.507 e. The molecule has 2 aliphatic heterocycles. The number of hydrogen-bond acceptors (Lipinski definition) is 6. The maximum atomic E-state index is 13.0. The molecule has 2 saturated heterocycles. The summed E-state index contributed by atoms with van der Waals surface area (Å²) in [7, 11) is 1.50. The second kappa shape index (κ2) is 8.41. The van der Waals surface area contributed by atoms with E-state index in [1.54, 1.807) is 12.1 Å². The van der Waals surface area contributed by atoms with Gasteiger partial charge in [0.15, 0.2) is 0 Å². The molecule has 0 bridgehead atoms. The third-order valence-electron chi connectivity index (χ3n) is 5.54. The Balaban J connectivity index is 1.82. The zero-order valence-corrected chi connectivity index (χ0v) is 18.3. The highest BCUT2D eigenvalue weighted by Crippen LogP contribution is 2.43. The van der Waals surface area contributed by atoms with E-state index in [0.29, 0.717) is 29.5 Å². The van der Waals surface area contributed by atoms with E-state index in [4.69, 9.17) is 21.1 Å². The van der Waals surface area contributed by atoms with Gasteiger partial charge in [-0.1, -0.05) is 11.6 Å². The number of amides is 1. The molecule has 2 aromatic rings. The fourth-order valence-electron chi connectivity index (χ4n) is 3.98. The molecular formula is C22H22ClNO5S. The van der Waals surface area contributed by atoms with E-state index < -0.39 is 17.7 Å². The minimum Gasteiger partial charge on any atom is -0.507 e. The number of carbonyl (C=O) groups is 2. The fourth-order valence-corrected chi connectivity index (χ4v) is 5.29. The monoisotopic (exact) mass is 447 g/mol. The second-order valence-corrected chi connectivity index (χ2v) is 8.76. The predicted molar refractivity (Wildman–Crippen MR) is 115 cm³/mol. The van der Waals surface area contributed by atoms with Crippen molar-refractivity contribution < 1.29 is 24.2 Å². The number of halogens is 1. The van der Waals surface area contributed by atoms with Crippen LogP contribution >= 0.6 is 22.9 Å². The highest BCUT2D eigenvalue weighted by molar-refractivity contribution is 7.10. The van der Waals surface area contributed by atoms with Crippen molar-refractivity contribution in [3.63, 3.8) is 0 Å². The molecule has 0 radical (unpaired) electrons. The highest BCUT2D eigenvalue weighted by atomic mass is 35.5. The van der Waals surface area contributed by atoms with Crippen LogP contribution in [0.15, 0.2) is 35.2 Å². The number of Topliss-reactive ketones (excluding diaryl/α,β-unsaturated/α-hetero) is 1. The van der Waals surface area contributed by atoms with Gasteiger partial charge in [-0.25, -0.2) is 0 Å². The van der Waals surface area contributed by atoms with E-state index in [2.05, 4.69) is 0 Å². The Labute approximate surface area is 183 Å². The van der Waals surface area contributed by atoms with Crippen molar-refractivity contribution >= 4 is 40.4 Å². The summed E-state index contributed by atoms with van der Waals surface area (Å²) in [5.41, 5.74) is 1.39. The number of aryl methyl sites for hydroxylation is 1. The zero-order valence-electron chi connectivity index (χ0n) is 16.7. The van der Waals surface area contributed by atoms with Gasteiger partial charge >= 0.3 is 0 Å². The maximum absolute atomic E-state index is 13.0. The molecule has 2 fully saturated rings. The first-order valence-corrected chi connectivity index (χ1v) is 11.0. The number of methoxy groups -OCH3 is 1. The summed E-state index contributed by atoms with van der Waals surface area (Å²) in [5, 5.41) is 13.3. The number of thiophene rings is 1. The van der Waals surface area contributed by atoms with Gasteiger partial charge < -0.3 is 19.5 Å². The van der Waals surface area contributed by atoms with Crippen molar-refractivity contribution in [2.45, 2.75) is 31.9 Å². The van der Waals surface area contributed by atoms with Gasteiger partial charge in [0, 0.05) is 23.6 Å². The van der Waals surface area contributed by atoms with Crippen LogP contribution in [0.3, 0.4) is 0 Å². The van der Waals surface area contributed by atoms with E-state index in [0.717, 1.165) is 23.3 Å². The number of nitrogens with zero attached hydrogens (tertiary/aromatic N) is 1. The summed E-state index contributed by atoms with van der Waals surface area (Å²) in [5.74, 6) is -1.11. The van der Waals surface area contributed by atoms with Gasteiger partial charge in [-0.2, -0.15) is 0 Å². The molecule has 1 aromatic carbocycles. The molecule has 0 spiro atoms. The van der Waals surface area contributed by atoms with Crippen molar-refractivity contribution in [1.29, 1.82) is 0 Å². The van der Waals surface area contributed by atoms with Gasteiger partial charge in [-0.3, -0.25) is 9.59 Å². The van der Waals surface area contributed by atoms with Gasteiger partial charge in [0.2, 0.25) is 0 Å². The van der Waals surface area contributed by atoms with E-state index in [-0.39, 0.29) is 17.4 Å². The first-order valence-electron chi connectivity index (χ1n) is 9.70. The van der Waals surface area contributed by atoms with Crippen LogP contribution in [0.2, 0.25) is 5.02 Å². The van der Waals surface area contributed by atoms with Gasteiger partial charge in [0.05, 0.1) is 29.9 Å². The minimum absolute atomic E-state index is 0.0739. The number of benzene rings is 1. The van der Waals surface area contributed by atoms with Gasteiger partial charge in [-0.05, 0) is 55.0 Å². The van der Waals surface area contributed by atoms with Crippen molar-refractivity contribution in [3.8, 4) is 5.75 Å². The highest BCUT2D eigenvalue weighted by Gasteiger charge is 2.48. The third kappa shape index (κ3) is 3.62.